The Morgan fingerprint density at radius 2 is 1.78 bits per heavy atom. The van der Waals surface area contributed by atoms with Gasteiger partial charge in [-0.3, -0.25) is 0 Å². The maximum atomic E-state index is 13.1. The van der Waals surface area contributed by atoms with Crippen LogP contribution in [0.15, 0.2) is 65.6 Å². The Kier molecular flexibility index (Phi) is 7.63. The molecule has 6 heterocycles. The molecule has 0 spiro atoms. The van der Waals surface area contributed by atoms with E-state index in [1.54, 1.807) is 12.5 Å². The van der Waals surface area contributed by atoms with Crippen LogP contribution in [0.5, 0.6) is 0 Å². The van der Waals surface area contributed by atoms with Crippen LogP contribution in [-0.4, -0.2) is 55.7 Å². The molecule has 6 aromatic rings. The Morgan fingerprint density at radius 3 is 2.54 bits per heavy atom. The summed E-state index contributed by atoms with van der Waals surface area (Å²) >= 11 is 0. The first kappa shape index (κ1) is 32.3. The van der Waals surface area contributed by atoms with Crippen LogP contribution in [0.25, 0.3) is 38.8 Å². The van der Waals surface area contributed by atoms with Crippen molar-refractivity contribution in [2.75, 3.05) is 29.4 Å². The summed E-state index contributed by atoms with van der Waals surface area (Å²) in [6.07, 6.45) is 7.02. The molecule has 0 amide bonds. The van der Waals surface area contributed by atoms with Gasteiger partial charge in [-0.15, -0.1) is 0 Å². The van der Waals surface area contributed by atoms with Crippen molar-refractivity contribution in [3.63, 3.8) is 0 Å². The van der Waals surface area contributed by atoms with Gasteiger partial charge in [-0.05, 0) is 81.2 Å². The Morgan fingerprint density at radius 1 is 1.00 bits per heavy atom. The summed E-state index contributed by atoms with van der Waals surface area (Å²) in [5.74, 6) is -0.196. The topological polar surface area (TPSA) is 109 Å². The lowest BCUT2D eigenvalue weighted by molar-refractivity contribution is -0.160. The highest BCUT2D eigenvalue weighted by atomic mass is 16.5. The molecule has 2 aliphatic heterocycles. The van der Waals surface area contributed by atoms with Crippen LogP contribution < -0.4 is 9.80 Å². The van der Waals surface area contributed by atoms with Gasteiger partial charge >= 0.3 is 5.97 Å². The second-order valence-corrected chi connectivity index (χ2v) is 15.6. The van der Waals surface area contributed by atoms with Crippen molar-refractivity contribution in [1.29, 1.82) is 0 Å². The summed E-state index contributed by atoms with van der Waals surface area (Å²) in [7, 11) is 0. The van der Waals surface area contributed by atoms with Gasteiger partial charge in [-0.1, -0.05) is 44.2 Å². The van der Waals surface area contributed by atoms with Gasteiger partial charge in [0, 0.05) is 60.8 Å². The fraction of sp³-hybridized carbons (Fsp3) is 0.400. The Hall–Kier alpha value is -4.96. The maximum Gasteiger partial charge on any atom is 0.337 e. The zero-order chi connectivity index (χ0) is 34.9. The number of benzene rings is 2. The molecule has 2 aliphatic rings. The van der Waals surface area contributed by atoms with E-state index < -0.39 is 17.7 Å². The summed E-state index contributed by atoms with van der Waals surface area (Å²) in [5.41, 5.74) is 9.58. The zero-order valence-corrected chi connectivity index (χ0v) is 29.7. The molecule has 10 heteroatoms. The van der Waals surface area contributed by atoms with E-state index in [9.17, 15) is 9.90 Å². The monoisotopic (exact) mass is 672 g/mol. The largest absolute Gasteiger partial charge is 0.479 e. The number of hydrogen-bond acceptors (Lipinski definition) is 8. The molecule has 0 radical (unpaired) electrons. The number of rotatable bonds is 6. The van der Waals surface area contributed by atoms with E-state index in [0.717, 1.165) is 89.4 Å². The van der Waals surface area contributed by atoms with Crippen LogP contribution >= 0.6 is 0 Å². The smallest absolute Gasteiger partial charge is 0.337 e. The van der Waals surface area contributed by atoms with Crippen molar-refractivity contribution >= 4 is 45.2 Å². The first-order valence-electron chi connectivity index (χ1n) is 17.5. The number of carbonyl (C=O) groups is 1. The van der Waals surface area contributed by atoms with Crippen molar-refractivity contribution in [2.24, 2.45) is 5.41 Å². The van der Waals surface area contributed by atoms with Gasteiger partial charge in [0.1, 0.15) is 23.1 Å². The highest BCUT2D eigenvalue weighted by Crippen LogP contribution is 2.46. The third-order valence-corrected chi connectivity index (χ3v) is 10.4. The molecular formula is C40H44N6O4. The highest BCUT2D eigenvalue weighted by molar-refractivity contribution is 6.05. The average Bonchev–Trinajstić information content (AvgIpc) is 3.72. The van der Waals surface area contributed by atoms with Crippen LogP contribution in [0.3, 0.4) is 0 Å². The average molecular weight is 673 g/mol. The molecule has 1 N–H and O–H groups in total. The number of aromatic nitrogens is 4. The van der Waals surface area contributed by atoms with Crippen LogP contribution in [-0.2, 0) is 22.5 Å². The van der Waals surface area contributed by atoms with Gasteiger partial charge < -0.3 is 28.5 Å². The normalized spacial score (nSPS) is 17.1. The van der Waals surface area contributed by atoms with E-state index in [-0.39, 0.29) is 5.41 Å². The number of aliphatic carboxylic acids is 1. The summed E-state index contributed by atoms with van der Waals surface area (Å²) in [6.45, 7) is 15.4. The zero-order valence-electron chi connectivity index (χ0n) is 29.7. The first-order valence-corrected chi connectivity index (χ1v) is 17.5. The molecule has 1 atom stereocenters. The predicted molar refractivity (Wildman–Crippen MR) is 196 cm³/mol. The van der Waals surface area contributed by atoms with E-state index in [0.29, 0.717) is 17.7 Å². The Balaban J connectivity index is 1.25. The van der Waals surface area contributed by atoms with E-state index in [4.69, 9.17) is 14.1 Å². The SMILES string of the molecule is Cc1c([C@H](OC(C)(C)C)C(=O)O)c(N2CCC(C)(C)CC2)c(-c2ccc3c(c2)CCN(c2ncnc4c2oc2ccccc24)C3)c2nccn12. The number of hydrogen-bond donors (Lipinski definition) is 1. The lowest BCUT2D eigenvalue weighted by Crippen LogP contribution is -2.39. The number of carboxylic acid groups (broad SMARTS) is 1. The van der Waals surface area contributed by atoms with Gasteiger partial charge in [0.05, 0.1) is 11.3 Å². The van der Waals surface area contributed by atoms with Crippen molar-refractivity contribution in [1.82, 2.24) is 19.4 Å². The number of para-hydroxylation sites is 1. The summed E-state index contributed by atoms with van der Waals surface area (Å²) in [4.78, 5) is 31.9. The Labute approximate surface area is 291 Å². The van der Waals surface area contributed by atoms with E-state index >= 15 is 0 Å². The van der Waals surface area contributed by atoms with Gasteiger partial charge in [-0.25, -0.2) is 19.7 Å². The van der Waals surface area contributed by atoms with Gasteiger partial charge in [0.15, 0.2) is 17.5 Å². The van der Waals surface area contributed by atoms with Crippen LogP contribution in [0.1, 0.15) is 75.9 Å². The Bertz CT molecular complexity index is 2270. The quantitative estimate of drug-likeness (QED) is 0.188. The summed E-state index contributed by atoms with van der Waals surface area (Å²) in [5, 5.41) is 11.7. The highest BCUT2D eigenvalue weighted by Gasteiger charge is 2.37. The number of anilines is 2. The molecule has 258 valence electrons. The van der Waals surface area contributed by atoms with Crippen LogP contribution in [0.2, 0.25) is 0 Å². The fourth-order valence-electron chi connectivity index (χ4n) is 7.76. The van der Waals surface area contributed by atoms with E-state index in [1.165, 1.54) is 11.1 Å². The number of carboxylic acids is 1. The molecule has 10 nitrogen and oxygen atoms in total. The molecule has 0 unspecified atom stereocenters. The minimum absolute atomic E-state index is 0.215. The summed E-state index contributed by atoms with van der Waals surface area (Å²) in [6, 6.07) is 14.6. The lowest BCUT2D eigenvalue weighted by atomic mass is 9.82. The third kappa shape index (κ3) is 5.55. The standard InChI is InChI=1S/C40H44N6O4/c1-24-30(34(38(47)48)50-39(2,3)4)33(44-18-14-40(5,6)15-19-44)31(36-41-16-20-46(24)36)26-11-12-27-22-45(17-13-25(27)21-26)37-35-32(42-23-43-37)28-9-7-8-10-29(28)49-35/h7-12,16,20-21,23,34H,13-15,17-19,22H2,1-6H3,(H,47,48)/t34-/m0/s1. The number of aryl methyl sites for hydroxylation is 1. The molecule has 0 saturated carbocycles. The first-order chi connectivity index (χ1) is 23.9. The number of piperidine rings is 1. The number of nitrogens with zero attached hydrogens (tertiary/aromatic N) is 6. The van der Waals surface area contributed by atoms with Crippen molar-refractivity contribution < 1.29 is 19.1 Å². The number of ether oxygens (including phenoxy) is 1. The molecule has 8 rings (SSSR count). The van der Waals surface area contributed by atoms with Crippen molar-refractivity contribution in [3.05, 3.63) is 83.6 Å². The molecule has 50 heavy (non-hydrogen) atoms. The minimum Gasteiger partial charge on any atom is -0.479 e. The van der Waals surface area contributed by atoms with E-state index in [2.05, 4.69) is 51.8 Å². The molecule has 1 fully saturated rings. The summed E-state index contributed by atoms with van der Waals surface area (Å²) < 4.78 is 14.7. The maximum absolute atomic E-state index is 13.1. The second-order valence-electron chi connectivity index (χ2n) is 15.6. The number of imidazole rings is 1. The number of furan rings is 1. The minimum atomic E-state index is -1.15. The van der Waals surface area contributed by atoms with Gasteiger partial charge in [0.2, 0.25) is 0 Å². The van der Waals surface area contributed by atoms with E-state index in [1.807, 2.05) is 62.6 Å². The van der Waals surface area contributed by atoms with Crippen LogP contribution in [0, 0.1) is 12.3 Å². The predicted octanol–water partition coefficient (Wildman–Crippen LogP) is 8.13. The molecular weight excluding hydrogens is 628 g/mol. The second kappa shape index (κ2) is 11.8. The lowest BCUT2D eigenvalue weighted by Gasteiger charge is -2.41. The number of pyridine rings is 1. The van der Waals surface area contributed by atoms with Crippen LogP contribution in [0.4, 0.5) is 11.5 Å². The van der Waals surface area contributed by atoms with Crippen molar-refractivity contribution in [2.45, 2.75) is 79.1 Å². The molecule has 2 aromatic carbocycles. The van der Waals surface area contributed by atoms with Gasteiger partial charge in [-0.2, -0.15) is 0 Å². The number of fused-ring (bicyclic) bond motifs is 5. The molecule has 4 aromatic heterocycles. The third-order valence-electron chi connectivity index (χ3n) is 10.4. The molecule has 0 bridgehead atoms. The van der Waals surface area contributed by atoms with Gasteiger partial charge in [0.25, 0.3) is 0 Å². The molecule has 0 aliphatic carbocycles. The molecule has 1 saturated heterocycles. The van der Waals surface area contributed by atoms with Crippen molar-refractivity contribution in [3.8, 4) is 11.1 Å². The fourth-order valence-corrected chi connectivity index (χ4v) is 7.76.